The van der Waals surface area contributed by atoms with Crippen LogP contribution >= 0.6 is 0 Å². The van der Waals surface area contributed by atoms with Crippen molar-refractivity contribution in [2.75, 3.05) is 4.53 Å². The van der Waals surface area contributed by atoms with Crippen molar-refractivity contribution in [2.45, 2.75) is 31.2 Å². The molecule has 0 aliphatic heterocycles. The predicted molar refractivity (Wildman–Crippen MR) is 81.4 cm³/mol. The number of aromatic nitrogens is 1. The number of rotatable bonds is 6. The van der Waals surface area contributed by atoms with Gasteiger partial charge in [-0.05, 0) is 49.4 Å². The van der Waals surface area contributed by atoms with Crippen molar-refractivity contribution in [2.24, 2.45) is 0 Å². The van der Waals surface area contributed by atoms with Gasteiger partial charge < -0.3 is 4.52 Å². The van der Waals surface area contributed by atoms with Crippen molar-refractivity contribution in [1.29, 1.82) is 0 Å². The van der Waals surface area contributed by atoms with E-state index >= 15 is 0 Å². The number of sulfonamides is 1. The molecule has 1 unspecified atom stereocenters. The standard InChI is InChI=1S/C15H14F2N2O4S/c1-9(16)24(21,22)19(17)14-5-4-11(6-13(14)10-2-3-10)15(20)12-7-18-23-8-12/h4-10H,2-3H2,1H3. The van der Waals surface area contributed by atoms with Crippen LogP contribution in [0.5, 0.6) is 0 Å². The van der Waals surface area contributed by atoms with E-state index in [-0.39, 0.29) is 28.5 Å². The second-order valence-corrected chi connectivity index (χ2v) is 7.59. The normalized spacial score (nSPS) is 16.0. The summed E-state index contributed by atoms with van der Waals surface area (Å²) in [6.45, 7) is 0.752. The molecular weight excluding hydrogens is 342 g/mol. The SMILES string of the molecule is CC(F)S(=O)(=O)N(F)c1ccc(C(=O)c2cnoc2)cc1C1CC1. The molecule has 0 bridgehead atoms. The number of hydrogen-bond acceptors (Lipinski definition) is 5. The van der Waals surface area contributed by atoms with Crippen LogP contribution in [0.15, 0.2) is 35.2 Å². The van der Waals surface area contributed by atoms with Crippen molar-refractivity contribution in [3.63, 3.8) is 0 Å². The first-order chi connectivity index (χ1) is 11.3. The van der Waals surface area contributed by atoms with E-state index in [2.05, 4.69) is 9.68 Å². The Kier molecular flexibility index (Phi) is 4.12. The first-order valence-electron chi connectivity index (χ1n) is 7.24. The van der Waals surface area contributed by atoms with Gasteiger partial charge in [0.25, 0.3) is 10.0 Å². The summed E-state index contributed by atoms with van der Waals surface area (Å²) in [5, 5.41) is 3.45. The highest BCUT2D eigenvalue weighted by Gasteiger charge is 2.35. The third-order valence-electron chi connectivity index (χ3n) is 3.82. The molecule has 1 fully saturated rings. The fourth-order valence-corrected chi connectivity index (χ4v) is 3.02. The number of anilines is 1. The van der Waals surface area contributed by atoms with E-state index < -0.39 is 20.1 Å². The molecule has 9 heteroatoms. The van der Waals surface area contributed by atoms with E-state index in [0.29, 0.717) is 5.56 Å². The summed E-state index contributed by atoms with van der Waals surface area (Å²) in [4.78, 5) is 12.3. The summed E-state index contributed by atoms with van der Waals surface area (Å²) in [6, 6.07) is 3.91. The Labute approximate surface area is 137 Å². The van der Waals surface area contributed by atoms with Gasteiger partial charge >= 0.3 is 0 Å². The first kappa shape index (κ1) is 16.6. The van der Waals surface area contributed by atoms with Crippen LogP contribution in [0.1, 0.15) is 47.2 Å². The quantitative estimate of drug-likeness (QED) is 0.587. The minimum absolute atomic E-state index is 0.0569. The molecule has 0 N–H and O–H groups in total. The minimum atomic E-state index is -4.74. The number of alkyl halides is 1. The highest BCUT2D eigenvalue weighted by molar-refractivity contribution is 7.93. The zero-order valence-electron chi connectivity index (χ0n) is 12.6. The Morgan fingerprint density at radius 2 is 2.08 bits per heavy atom. The number of hydrogen-bond donors (Lipinski definition) is 0. The lowest BCUT2D eigenvalue weighted by Crippen LogP contribution is -2.29. The van der Waals surface area contributed by atoms with Gasteiger partial charge in [-0.1, -0.05) is 14.2 Å². The Bertz CT molecular complexity index is 862. The van der Waals surface area contributed by atoms with Crippen molar-refractivity contribution in [3.05, 3.63) is 47.3 Å². The van der Waals surface area contributed by atoms with Crippen LogP contribution in [-0.2, 0) is 10.0 Å². The Morgan fingerprint density at radius 1 is 1.38 bits per heavy atom. The molecule has 128 valence electrons. The second kappa shape index (κ2) is 5.97. The van der Waals surface area contributed by atoms with Crippen molar-refractivity contribution >= 4 is 21.5 Å². The zero-order chi connectivity index (χ0) is 17.5. The fourth-order valence-electron chi connectivity index (χ4n) is 2.33. The molecule has 2 aromatic rings. The molecule has 3 rings (SSSR count). The van der Waals surface area contributed by atoms with E-state index in [1.54, 1.807) is 0 Å². The third-order valence-corrected chi connectivity index (χ3v) is 5.29. The summed E-state index contributed by atoms with van der Waals surface area (Å²) in [6.07, 6.45) is 3.93. The van der Waals surface area contributed by atoms with Gasteiger partial charge in [0.1, 0.15) is 6.26 Å². The Balaban J connectivity index is 2.02. The number of nitrogens with zero attached hydrogens (tertiary/aromatic N) is 2. The lowest BCUT2D eigenvalue weighted by Gasteiger charge is -2.18. The molecule has 1 aliphatic carbocycles. The van der Waals surface area contributed by atoms with Gasteiger partial charge in [-0.15, -0.1) is 0 Å². The number of benzene rings is 1. The molecule has 0 radical (unpaired) electrons. The highest BCUT2D eigenvalue weighted by Crippen LogP contribution is 2.45. The molecule has 0 spiro atoms. The van der Waals surface area contributed by atoms with E-state index in [1.807, 2.05) is 0 Å². The topological polar surface area (TPSA) is 80.5 Å². The largest absolute Gasteiger partial charge is 0.364 e. The molecule has 1 aliphatic rings. The molecule has 1 heterocycles. The van der Waals surface area contributed by atoms with Crippen LogP contribution in [0, 0.1) is 0 Å². The number of ketones is 1. The Hall–Kier alpha value is -2.29. The average molecular weight is 356 g/mol. The zero-order valence-corrected chi connectivity index (χ0v) is 13.5. The van der Waals surface area contributed by atoms with Crippen molar-refractivity contribution < 1.29 is 26.6 Å². The predicted octanol–water partition coefficient (Wildman–Crippen LogP) is 3.12. The van der Waals surface area contributed by atoms with E-state index in [4.69, 9.17) is 0 Å². The molecule has 24 heavy (non-hydrogen) atoms. The summed E-state index contributed by atoms with van der Waals surface area (Å²) < 4.78 is 55.0. The van der Waals surface area contributed by atoms with E-state index in [1.165, 1.54) is 30.7 Å². The molecular formula is C15H14F2N2O4S. The van der Waals surface area contributed by atoms with Gasteiger partial charge in [0, 0.05) is 5.56 Å². The molecule has 0 saturated heterocycles. The maximum Gasteiger partial charge on any atom is 0.293 e. The minimum Gasteiger partial charge on any atom is -0.364 e. The summed E-state index contributed by atoms with van der Waals surface area (Å²) in [5.41, 5.74) is -1.80. The summed E-state index contributed by atoms with van der Waals surface area (Å²) >= 11 is 0. The molecule has 1 aromatic heterocycles. The van der Waals surface area contributed by atoms with Gasteiger partial charge in [-0.3, -0.25) is 4.79 Å². The van der Waals surface area contributed by atoms with E-state index in [0.717, 1.165) is 19.8 Å². The van der Waals surface area contributed by atoms with Crippen molar-refractivity contribution in [1.82, 2.24) is 5.16 Å². The maximum absolute atomic E-state index is 14.3. The van der Waals surface area contributed by atoms with Crippen LogP contribution in [0.4, 0.5) is 14.6 Å². The van der Waals surface area contributed by atoms with Crippen LogP contribution in [0.2, 0.25) is 0 Å². The second-order valence-electron chi connectivity index (χ2n) is 5.59. The maximum atomic E-state index is 14.3. The summed E-state index contributed by atoms with van der Waals surface area (Å²) in [5.74, 6) is -0.435. The number of carbonyl (C=O) groups is 1. The van der Waals surface area contributed by atoms with Gasteiger partial charge in [0.15, 0.2) is 5.78 Å². The van der Waals surface area contributed by atoms with Gasteiger partial charge in [0.05, 0.1) is 17.4 Å². The van der Waals surface area contributed by atoms with Crippen molar-refractivity contribution in [3.8, 4) is 0 Å². The lowest BCUT2D eigenvalue weighted by atomic mass is 10.00. The first-order valence-corrected chi connectivity index (χ1v) is 8.74. The number of halogens is 2. The molecule has 0 amide bonds. The third kappa shape index (κ3) is 2.91. The molecule has 1 aromatic carbocycles. The van der Waals surface area contributed by atoms with Gasteiger partial charge in [0.2, 0.25) is 5.50 Å². The highest BCUT2D eigenvalue weighted by atomic mass is 32.2. The van der Waals surface area contributed by atoms with Crippen LogP contribution in [0.25, 0.3) is 0 Å². The number of carbonyl (C=O) groups excluding carboxylic acids is 1. The van der Waals surface area contributed by atoms with Crippen LogP contribution < -0.4 is 4.53 Å². The lowest BCUT2D eigenvalue weighted by molar-refractivity contribution is 0.103. The van der Waals surface area contributed by atoms with Crippen LogP contribution in [-0.4, -0.2) is 24.9 Å². The van der Waals surface area contributed by atoms with E-state index in [9.17, 15) is 22.1 Å². The Morgan fingerprint density at radius 3 is 2.62 bits per heavy atom. The molecule has 1 atom stereocenters. The average Bonchev–Trinajstić information content (AvgIpc) is 3.26. The van der Waals surface area contributed by atoms with Gasteiger partial charge in [-0.2, -0.15) is 0 Å². The monoisotopic (exact) mass is 356 g/mol. The molecule has 6 nitrogen and oxygen atoms in total. The van der Waals surface area contributed by atoms with Crippen LogP contribution in [0.3, 0.4) is 0 Å². The van der Waals surface area contributed by atoms with Gasteiger partial charge in [-0.25, -0.2) is 12.8 Å². The fraction of sp³-hybridized carbons (Fsp3) is 0.333. The molecule has 1 saturated carbocycles. The smallest absolute Gasteiger partial charge is 0.293 e. The summed E-state index contributed by atoms with van der Waals surface area (Å²) in [7, 11) is -4.74.